The summed E-state index contributed by atoms with van der Waals surface area (Å²) >= 11 is 0. The number of aromatic nitrogens is 4. The molecular formula is C22H40N4+2. The SMILES string of the molecule is CC(C)n1cc[n+](CCCCCCCCCC[n+]2ccn(C(C)C)c2)c1. The molecule has 0 saturated carbocycles. The van der Waals surface area contributed by atoms with Crippen molar-refractivity contribution in [3.63, 3.8) is 0 Å². The van der Waals surface area contributed by atoms with Gasteiger partial charge in [-0.25, -0.2) is 18.3 Å². The van der Waals surface area contributed by atoms with Gasteiger partial charge in [0, 0.05) is 0 Å². The van der Waals surface area contributed by atoms with Crippen molar-refractivity contribution in [3.05, 3.63) is 37.4 Å². The third kappa shape index (κ3) is 7.35. The van der Waals surface area contributed by atoms with Gasteiger partial charge in [0.1, 0.15) is 24.8 Å². The molecule has 0 unspecified atom stereocenters. The molecule has 4 nitrogen and oxygen atoms in total. The van der Waals surface area contributed by atoms with Crippen LogP contribution in [0.5, 0.6) is 0 Å². The fraction of sp³-hybridized carbons (Fsp3) is 0.727. The van der Waals surface area contributed by atoms with Crippen LogP contribution in [0, 0.1) is 0 Å². The number of unbranched alkanes of at least 4 members (excludes halogenated alkanes) is 7. The standard InChI is InChI=1S/C22H40N4/c1-21(2)25-17-15-23(19-25)13-11-9-7-5-6-8-10-12-14-24-16-18-26(20-24)22(3)4/h15-22H,5-14H2,1-4H3/q+2. The van der Waals surface area contributed by atoms with E-state index in [1.165, 1.54) is 51.4 Å². The second kappa shape index (κ2) is 11.2. The molecule has 0 fully saturated rings. The van der Waals surface area contributed by atoms with E-state index in [1.54, 1.807) is 0 Å². The summed E-state index contributed by atoms with van der Waals surface area (Å²) in [6, 6.07) is 1.12. The molecule has 0 amide bonds. The van der Waals surface area contributed by atoms with Gasteiger partial charge in [-0.3, -0.25) is 0 Å². The van der Waals surface area contributed by atoms with Crippen molar-refractivity contribution in [2.75, 3.05) is 0 Å². The lowest BCUT2D eigenvalue weighted by atomic mass is 10.1. The normalized spacial score (nSPS) is 11.8. The lowest BCUT2D eigenvalue weighted by Crippen LogP contribution is -2.31. The molecule has 2 aromatic rings. The minimum atomic E-state index is 0.560. The molecule has 2 heterocycles. The summed E-state index contributed by atoms with van der Waals surface area (Å²) in [7, 11) is 0. The molecule has 2 rings (SSSR count). The Morgan fingerprint density at radius 2 is 0.923 bits per heavy atom. The Morgan fingerprint density at radius 1 is 0.577 bits per heavy atom. The molecule has 0 N–H and O–H groups in total. The van der Waals surface area contributed by atoms with E-state index in [9.17, 15) is 0 Å². The number of hydrogen-bond donors (Lipinski definition) is 0. The van der Waals surface area contributed by atoms with Crippen LogP contribution in [0.15, 0.2) is 37.4 Å². The Kier molecular flexibility index (Phi) is 8.93. The Labute approximate surface area is 160 Å². The van der Waals surface area contributed by atoms with Crippen LogP contribution in [0.4, 0.5) is 0 Å². The van der Waals surface area contributed by atoms with Crippen molar-refractivity contribution in [2.45, 2.75) is 104 Å². The van der Waals surface area contributed by atoms with E-state index in [-0.39, 0.29) is 0 Å². The first-order chi connectivity index (χ1) is 12.6. The van der Waals surface area contributed by atoms with E-state index < -0.39 is 0 Å². The Morgan fingerprint density at radius 3 is 1.23 bits per heavy atom. The van der Waals surface area contributed by atoms with Crippen LogP contribution in [-0.4, -0.2) is 9.13 Å². The number of nitrogens with zero attached hydrogens (tertiary/aromatic N) is 4. The third-order valence-corrected chi connectivity index (χ3v) is 5.20. The highest BCUT2D eigenvalue weighted by Crippen LogP contribution is 2.09. The van der Waals surface area contributed by atoms with Gasteiger partial charge in [0.2, 0.25) is 12.7 Å². The largest absolute Gasteiger partial charge is 0.243 e. The molecule has 0 saturated heterocycles. The third-order valence-electron chi connectivity index (χ3n) is 5.20. The number of aryl methyl sites for hydroxylation is 2. The molecule has 146 valence electrons. The number of imidazole rings is 2. The van der Waals surface area contributed by atoms with Crippen molar-refractivity contribution in [2.24, 2.45) is 0 Å². The van der Waals surface area contributed by atoms with Gasteiger partial charge in [0.25, 0.3) is 0 Å². The van der Waals surface area contributed by atoms with Crippen LogP contribution in [0.1, 0.15) is 91.1 Å². The van der Waals surface area contributed by atoms with Crippen LogP contribution < -0.4 is 9.13 Å². The zero-order valence-electron chi connectivity index (χ0n) is 17.5. The summed E-state index contributed by atoms with van der Waals surface area (Å²) in [6.07, 6.45) is 24.1. The van der Waals surface area contributed by atoms with Gasteiger partial charge < -0.3 is 0 Å². The Hall–Kier alpha value is -1.58. The Balaban J connectivity index is 1.42. The lowest BCUT2D eigenvalue weighted by Gasteiger charge is -2.02. The molecule has 4 heteroatoms. The molecule has 2 aromatic heterocycles. The van der Waals surface area contributed by atoms with E-state index in [4.69, 9.17) is 0 Å². The van der Waals surface area contributed by atoms with E-state index in [2.05, 4.69) is 83.4 Å². The van der Waals surface area contributed by atoms with Gasteiger partial charge in [0.05, 0.1) is 25.2 Å². The van der Waals surface area contributed by atoms with E-state index in [0.717, 1.165) is 13.1 Å². The summed E-state index contributed by atoms with van der Waals surface area (Å²) < 4.78 is 9.20. The van der Waals surface area contributed by atoms with Gasteiger partial charge in [-0.1, -0.05) is 25.7 Å². The minimum Gasteiger partial charge on any atom is -0.237 e. The number of hydrogen-bond acceptors (Lipinski definition) is 0. The van der Waals surface area contributed by atoms with Crippen molar-refractivity contribution in [1.29, 1.82) is 0 Å². The fourth-order valence-corrected chi connectivity index (χ4v) is 3.35. The summed E-state index contributed by atoms with van der Waals surface area (Å²) in [5.41, 5.74) is 0. The molecule has 0 atom stereocenters. The average molecular weight is 361 g/mol. The van der Waals surface area contributed by atoms with E-state index >= 15 is 0 Å². The zero-order valence-corrected chi connectivity index (χ0v) is 17.5. The highest BCUT2D eigenvalue weighted by Gasteiger charge is 2.07. The molecule has 0 aliphatic rings. The van der Waals surface area contributed by atoms with Crippen LogP contribution in [0.25, 0.3) is 0 Å². The molecule has 0 aromatic carbocycles. The first-order valence-corrected chi connectivity index (χ1v) is 10.7. The second-order valence-corrected chi connectivity index (χ2v) is 8.21. The van der Waals surface area contributed by atoms with Crippen LogP contribution in [-0.2, 0) is 13.1 Å². The Bertz CT molecular complexity index is 555. The lowest BCUT2D eigenvalue weighted by molar-refractivity contribution is -0.697. The maximum Gasteiger partial charge on any atom is 0.243 e. The second-order valence-electron chi connectivity index (χ2n) is 8.21. The van der Waals surface area contributed by atoms with Crippen molar-refractivity contribution in [1.82, 2.24) is 9.13 Å². The smallest absolute Gasteiger partial charge is 0.237 e. The first kappa shape index (κ1) is 20.7. The molecule has 0 bridgehead atoms. The minimum absolute atomic E-state index is 0.560. The van der Waals surface area contributed by atoms with Gasteiger partial charge in [-0.05, 0) is 53.4 Å². The fourth-order valence-electron chi connectivity index (χ4n) is 3.35. The van der Waals surface area contributed by atoms with Crippen molar-refractivity contribution < 1.29 is 9.13 Å². The van der Waals surface area contributed by atoms with Crippen LogP contribution in [0.2, 0.25) is 0 Å². The summed E-state index contributed by atoms with van der Waals surface area (Å²) in [5, 5.41) is 0. The molecule has 26 heavy (non-hydrogen) atoms. The highest BCUT2D eigenvalue weighted by atomic mass is 15.1. The van der Waals surface area contributed by atoms with Gasteiger partial charge >= 0.3 is 0 Å². The molecule has 0 aliphatic carbocycles. The zero-order chi connectivity index (χ0) is 18.8. The van der Waals surface area contributed by atoms with Gasteiger partial charge in [0.15, 0.2) is 0 Å². The molecule has 0 radical (unpaired) electrons. The summed E-state index contributed by atoms with van der Waals surface area (Å²) in [5.74, 6) is 0. The topological polar surface area (TPSA) is 17.6 Å². The molecular weight excluding hydrogens is 320 g/mol. The quantitative estimate of drug-likeness (QED) is 0.359. The van der Waals surface area contributed by atoms with E-state index in [1.807, 2.05) is 0 Å². The highest BCUT2D eigenvalue weighted by molar-refractivity contribution is 4.70. The van der Waals surface area contributed by atoms with Gasteiger partial charge in [-0.15, -0.1) is 0 Å². The average Bonchev–Trinajstić information content (AvgIpc) is 3.26. The predicted molar refractivity (Wildman–Crippen MR) is 107 cm³/mol. The van der Waals surface area contributed by atoms with Gasteiger partial charge in [-0.2, -0.15) is 0 Å². The van der Waals surface area contributed by atoms with Crippen molar-refractivity contribution in [3.8, 4) is 0 Å². The monoisotopic (exact) mass is 360 g/mol. The summed E-state index contributed by atoms with van der Waals surface area (Å²) in [6.45, 7) is 11.2. The maximum absolute atomic E-state index is 2.32. The maximum atomic E-state index is 2.32. The van der Waals surface area contributed by atoms with Crippen molar-refractivity contribution >= 4 is 0 Å². The summed E-state index contributed by atoms with van der Waals surface area (Å²) in [4.78, 5) is 0. The van der Waals surface area contributed by atoms with Crippen LogP contribution >= 0.6 is 0 Å². The first-order valence-electron chi connectivity index (χ1n) is 10.7. The number of rotatable bonds is 13. The predicted octanol–water partition coefficient (Wildman–Crippen LogP) is 4.85. The molecule has 0 aliphatic heterocycles. The van der Waals surface area contributed by atoms with E-state index in [0.29, 0.717) is 12.1 Å². The molecule has 0 spiro atoms. The van der Waals surface area contributed by atoms with Crippen LogP contribution in [0.3, 0.4) is 0 Å².